The molecule has 1 aliphatic carbocycles. The Kier molecular flexibility index (Phi) is 2.46. The van der Waals surface area contributed by atoms with Crippen LogP contribution in [0.1, 0.15) is 29.9 Å². The first-order chi connectivity index (χ1) is 7.02. The van der Waals surface area contributed by atoms with Gasteiger partial charge in [-0.25, -0.2) is 13.2 Å². The Morgan fingerprint density at radius 2 is 2.00 bits per heavy atom. The van der Waals surface area contributed by atoms with Crippen molar-refractivity contribution >= 4 is 0 Å². The van der Waals surface area contributed by atoms with Crippen molar-refractivity contribution in [3.05, 3.63) is 35.1 Å². The maximum Gasteiger partial charge on any atom is 0.249 e. The smallest absolute Gasteiger partial charge is 0.249 e. The van der Waals surface area contributed by atoms with Gasteiger partial charge >= 0.3 is 0 Å². The molecule has 1 aromatic rings. The van der Waals surface area contributed by atoms with Gasteiger partial charge in [0.05, 0.1) is 6.61 Å². The molecule has 4 heteroatoms. The number of hydrogen-bond donors (Lipinski definition) is 1. The fourth-order valence-corrected chi connectivity index (χ4v) is 1.84. The molecule has 0 radical (unpaired) electrons. The van der Waals surface area contributed by atoms with Gasteiger partial charge in [-0.15, -0.1) is 0 Å². The van der Waals surface area contributed by atoms with Crippen LogP contribution in [0.4, 0.5) is 13.2 Å². The molecule has 0 aromatic heterocycles. The summed E-state index contributed by atoms with van der Waals surface area (Å²) in [4.78, 5) is 0. The zero-order valence-corrected chi connectivity index (χ0v) is 8.01. The minimum Gasteiger partial charge on any atom is -0.392 e. The first-order valence-electron chi connectivity index (χ1n) is 4.79. The van der Waals surface area contributed by atoms with Crippen LogP contribution in [0.5, 0.6) is 0 Å². The molecular formula is C11H11F3O. The Bertz CT molecular complexity index is 368. The van der Waals surface area contributed by atoms with E-state index in [-0.39, 0.29) is 30.9 Å². The lowest BCUT2D eigenvalue weighted by atomic mass is 9.76. The standard InChI is InChI=1S/C11H11F3O/c12-10-3-7(1-2-8(10)6-15)9-4-11(13,14)5-9/h1-3,9,15H,4-6H2. The average Bonchev–Trinajstić information content (AvgIpc) is 2.14. The lowest BCUT2D eigenvalue weighted by Crippen LogP contribution is -2.33. The summed E-state index contributed by atoms with van der Waals surface area (Å²) >= 11 is 0. The Morgan fingerprint density at radius 1 is 1.33 bits per heavy atom. The van der Waals surface area contributed by atoms with Crippen molar-refractivity contribution < 1.29 is 18.3 Å². The van der Waals surface area contributed by atoms with Crippen molar-refractivity contribution in [3.8, 4) is 0 Å². The highest BCUT2D eigenvalue weighted by Gasteiger charge is 2.45. The van der Waals surface area contributed by atoms with Gasteiger partial charge in [-0.05, 0) is 17.5 Å². The summed E-state index contributed by atoms with van der Waals surface area (Å²) in [6, 6.07) is 4.29. The van der Waals surface area contributed by atoms with Crippen LogP contribution < -0.4 is 0 Å². The van der Waals surface area contributed by atoms with Crippen LogP contribution in [0, 0.1) is 5.82 Å². The van der Waals surface area contributed by atoms with Crippen molar-refractivity contribution in [2.45, 2.75) is 31.3 Å². The van der Waals surface area contributed by atoms with E-state index in [0.717, 1.165) is 0 Å². The number of aliphatic hydroxyl groups excluding tert-OH is 1. The zero-order chi connectivity index (χ0) is 11.1. The van der Waals surface area contributed by atoms with Crippen LogP contribution >= 0.6 is 0 Å². The Hall–Kier alpha value is -1.03. The van der Waals surface area contributed by atoms with Crippen LogP contribution in [-0.4, -0.2) is 11.0 Å². The molecule has 0 atom stereocenters. The zero-order valence-electron chi connectivity index (χ0n) is 8.01. The van der Waals surface area contributed by atoms with Gasteiger partial charge in [-0.2, -0.15) is 0 Å². The summed E-state index contributed by atoms with van der Waals surface area (Å²) in [5, 5.41) is 8.74. The molecule has 1 aromatic carbocycles. The van der Waals surface area contributed by atoms with E-state index in [1.54, 1.807) is 6.07 Å². The largest absolute Gasteiger partial charge is 0.392 e. The third kappa shape index (κ3) is 2.00. The van der Waals surface area contributed by atoms with Gasteiger partial charge < -0.3 is 5.11 Å². The monoisotopic (exact) mass is 216 g/mol. The summed E-state index contributed by atoms with van der Waals surface area (Å²) < 4.78 is 38.4. The molecule has 0 aliphatic heterocycles. The Labute approximate surface area is 85.5 Å². The van der Waals surface area contributed by atoms with Crippen LogP contribution in [0.3, 0.4) is 0 Å². The van der Waals surface area contributed by atoms with E-state index in [2.05, 4.69) is 0 Å². The second-order valence-corrected chi connectivity index (χ2v) is 3.97. The first-order valence-corrected chi connectivity index (χ1v) is 4.79. The molecule has 82 valence electrons. The molecule has 0 bridgehead atoms. The number of halogens is 3. The highest BCUT2D eigenvalue weighted by molar-refractivity contribution is 5.28. The van der Waals surface area contributed by atoms with E-state index in [9.17, 15) is 13.2 Å². The van der Waals surface area contributed by atoms with E-state index >= 15 is 0 Å². The predicted molar refractivity (Wildman–Crippen MR) is 49.2 cm³/mol. The van der Waals surface area contributed by atoms with Gasteiger partial charge in [-0.3, -0.25) is 0 Å². The summed E-state index contributed by atoms with van der Waals surface area (Å²) in [5.41, 5.74) is 0.792. The Morgan fingerprint density at radius 3 is 2.47 bits per heavy atom. The van der Waals surface area contributed by atoms with E-state index in [4.69, 9.17) is 5.11 Å². The van der Waals surface area contributed by atoms with E-state index in [1.165, 1.54) is 12.1 Å². The Balaban J connectivity index is 2.14. The number of alkyl halides is 2. The molecule has 2 rings (SSSR count). The van der Waals surface area contributed by atoms with Gasteiger partial charge in [0, 0.05) is 18.4 Å². The van der Waals surface area contributed by atoms with Crippen LogP contribution in [0.15, 0.2) is 18.2 Å². The topological polar surface area (TPSA) is 20.2 Å². The second kappa shape index (κ2) is 3.52. The molecular weight excluding hydrogens is 205 g/mol. The number of rotatable bonds is 2. The average molecular weight is 216 g/mol. The minimum atomic E-state index is -2.59. The summed E-state index contributed by atoms with van der Waals surface area (Å²) in [5.74, 6) is -3.36. The number of benzene rings is 1. The van der Waals surface area contributed by atoms with Crippen molar-refractivity contribution in [2.75, 3.05) is 0 Å². The van der Waals surface area contributed by atoms with E-state index in [0.29, 0.717) is 5.56 Å². The van der Waals surface area contributed by atoms with Crippen LogP contribution in [0.2, 0.25) is 0 Å². The molecule has 0 spiro atoms. The molecule has 1 nitrogen and oxygen atoms in total. The molecule has 1 aliphatic rings. The first kappa shape index (κ1) is 10.5. The predicted octanol–water partition coefficient (Wildman–Crippen LogP) is 2.83. The maximum absolute atomic E-state index is 13.2. The minimum absolute atomic E-state index is 0.199. The molecule has 0 saturated heterocycles. The lowest BCUT2D eigenvalue weighted by Gasteiger charge is -2.35. The molecule has 0 amide bonds. The highest BCUT2D eigenvalue weighted by Crippen LogP contribution is 2.48. The summed E-state index contributed by atoms with van der Waals surface area (Å²) in [6.45, 7) is -0.368. The quantitative estimate of drug-likeness (QED) is 0.805. The third-order valence-electron chi connectivity index (χ3n) is 2.81. The fourth-order valence-electron chi connectivity index (χ4n) is 1.84. The number of aliphatic hydroxyl groups is 1. The SMILES string of the molecule is OCc1ccc(C2CC(F)(F)C2)cc1F. The lowest BCUT2D eigenvalue weighted by molar-refractivity contribution is -0.0868. The van der Waals surface area contributed by atoms with Gasteiger partial charge in [0.2, 0.25) is 5.92 Å². The summed E-state index contributed by atoms with van der Waals surface area (Å²) in [6.07, 6.45) is -0.407. The van der Waals surface area contributed by atoms with Crippen molar-refractivity contribution in [2.24, 2.45) is 0 Å². The molecule has 1 saturated carbocycles. The fraction of sp³-hybridized carbons (Fsp3) is 0.455. The van der Waals surface area contributed by atoms with Gasteiger partial charge in [0.15, 0.2) is 0 Å². The normalized spacial score (nSPS) is 20.0. The van der Waals surface area contributed by atoms with Gasteiger partial charge in [-0.1, -0.05) is 12.1 Å². The highest BCUT2D eigenvalue weighted by atomic mass is 19.3. The van der Waals surface area contributed by atoms with Crippen LogP contribution in [0.25, 0.3) is 0 Å². The van der Waals surface area contributed by atoms with Crippen molar-refractivity contribution in [1.82, 2.24) is 0 Å². The van der Waals surface area contributed by atoms with Crippen molar-refractivity contribution in [3.63, 3.8) is 0 Å². The molecule has 0 heterocycles. The summed E-state index contributed by atoms with van der Waals surface area (Å²) in [7, 11) is 0. The van der Waals surface area contributed by atoms with Crippen LogP contribution in [-0.2, 0) is 6.61 Å². The third-order valence-corrected chi connectivity index (χ3v) is 2.81. The molecule has 1 N–H and O–H groups in total. The van der Waals surface area contributed by atoms with E-state index < -0.39 is 11.7 Å². The molecule has 0 unspecified atom stereocenters. The maximum atomic E-state index is 13.2. The van der Waals surface area contributed by atoms with E-state index in [1.807, 2.05) is 0 Å². The molecule has 15 heavy (non-hydrogen) atoms. The van der Waals surface area contributed by atoms with Gasteiger partial charge in [0.1, 0.15) is 5.82 Å². The number of hydrogen-bond acceptors (Lipinski definition) is 1. The second-order valence-electron chi connectivity index (χ2n) is 3.97. The van der Waals surface area contributed by atoms with Crippen molar-refractivity contribution in [1.29, 1.82) is 0 Å². The van der Waals surface area contributed by atoms with Gasteiger partial charge in [0.25, 0.3) is 0 Å². The molecule has 1 fully saturated rings.